The minimum absolute atomic E-state index is 0.531. The summed E-state index contributed by atoms with van der Waals surface area (Å²) in [5.74, 6) is 5.47. The Labute approximate surface area is 185 Å². The molecule has 7 heteroatoms. The van der Waals surface area contributed by atoms with Crippen LogP contribution in [0, 0.1) is 17.4 Å². The van der Waals surface area contributed by atoms with E-state index in [4.69, 9.17) is 4.98 Å². The van der Waals surface area contributed by atoms with E-state index < -0.39 is 8.07 Å². The number of aromatic nitrogens is 3. The first-order chi connectivity index (χ1) is 14.9. The summed E-state index contributed by atoms with van der Waals surface area (Å²) >= 11 is 0. The molecule has 0 aliphatic carbocycles. The molecule has 2 N–H and O–H groups in total. The van der Waals surface area contributed by atoms with E-state index in [1.807, 2.05) is 25.6 Å². The van der Waals surface area contributed by atoms with Crippen LogP contribution in [0.4, 0.5) is 17.5 Å². The van der Waals surface area contributed by atoms with Crippen LogP contribution in [0.1, 0.15) is 12.0 Å². The van der Waals surface area contributed by atoms with Crippen LogP contribution in [-0.2, 0) is 0 Å². The fraction of sp³-hybridized carbons (Fsp3) is 0.375. The van der Waals surface area contributed by atoms with Crippen LogP contribution in [0.2, 0.25) is 19.6 Å². The van der Waals surface area contributed by atoms with Gasteiger partial charge in [0.2, 0.25) is 5.95 Å². The molecule has 4 rings (SSSR count). The maximum Gasteiger partial charge on any atom is 0.222 e. The van der Waals surface area contributed by atoms with Crippen molar-refractivity contribution in [3.63, 3.8) is 0 Å². The Morgan fingerprint density at radius 2 is 1.94 bits per heavy atom. The Morgan fingerprint density at radius 1 is 1.13 bits per heavy atom. The van der Waals surface area contributed by atoms with Gasteiger partial charge in [0.05, 0.1) is 5.56 Å². The number of rotatable bonds is 5. The maximum atomic E-state index is 4.69. The molecule has 2 aromatic heterocycles. The van der Waals surface area contributed by atoms with Gasteiger partial charge >= 0.3 is 0 Å². The first kappa shape index (κ1) is 21.1. The summed E-state index contributed by atoms with van der Waals surface area (Å²) in [6.07, 6.45) is 6.65. The van der Waals surface area contributed by atoms with Gasteiger partial charge < -0.3 is 15.5 Å². The monoisotopic (exact) mass is 430 g/mol. The molecule has 1 fully saturated rings. The number of nitrogens with zero attached hydrogens (tertiary/aromatic N) is 4. The van der Waals surface area contributed by atoms with Crippen molar-refractivity contribution in [2.75, 3.05) is 42.2 Å². The number of anilines is 3. The molecule has 1 aliphatic heterocycles. The van der Waals surface area contributed by atoms with Gasteiger partial charge in [0.15, 0.2) is 0 Å². The van der Waals surface area contributed by atoms with Crippen molar-refractivity contribution in [1.82, 2.24) is 15.0 Å². The Hall–Kier alpha value is -3.11. The van der Waals surface area contributed by atoms with Crippen LogP contribution in [0.3, 0.4) is 0 Å². The quantitative estimate of drug-likeness (QED) is 0.466. The average Bonchev–Trinajstić information content (AvgIpc) is 3.24. The highest BCUT2D eigenvalue weighted by Gasteiger charge is 2.24. The summed E-state index contributed by atoms with van der Waals surface area (Å²) in [5, 5.41) is 9.01. The lowest BCUT2D eigenvalue weighted by Crippen LogP contribution is -2.23. The Bertz CT molecular complexity index is 1110. The number of nitrogens with one attached hydrogen (secondary N) is 2. The molecular formula is C24H30N6Si. The van der Waals surface area contributed by atoms with Crippen LogP contribution in [0.5, 0.6) is 0 Å². The molecule has 0 bridgehead atoms. The van der Waals surface area contributed by atoms with Gasteiger partial charge in [-0.2, -0.15) is 0 Å². The minimum Gasteiger partial charge on any atom is -0.388 e. The molecular weight excluding hydrogens is 400 g/mol. The van der Waals surface area contributed by atoms with Crippen LogP contribution in [0.25, 0.3) is 10.8 Å². The van der Waals surface area contributed by atoms with E-state index in [1.165, 1.54) is 10.8 Å². The molecule has 1 unspecified atom stereocenters. The lowest BCUT2D eigenvalue weighted by Gasteiger charge is -2.20. The van der Waals surface area contributed by atoms with Crippen molar-refractivity contribution in [3.8, 4) is 11.5 Å². The fourth-order valence-corrected chi connectivity index (χ4v) is 4.26. The van der Waals surface area contributed by atoms with Gasteiger partial charge in [-0.1, -0.05) is 25.6 Å². The third-order valence-electron chi connectivity index (χ3n) is 5.40. The molecule has 0 radical (unpaired) electrons. The van der Waals surface area contributed by atoms with Crippen LogP contribution < -0.4 is 15.5 Å². The Balaban J connectivity index is 1.37. The summed E-state index contributed by atoms with van der Waals surface area (Å²) < 4.78 is 0. The van der Waals surface area contributed by atoms with Gasteiger partial charge in [0.25, 0.3) is 0 Å². The van der Waals surface area contributed by atoms with Crippen molar-refractivity contribution in [3.05, 3.63) is 48.4 Å². The molecule has 0 amide bonds. The predicted octanol–water partition coefficient (Wildman–Crippen LogP) is 4.23. The summed E-state index contributed by atoms with van der Waals surface area (Å²) in [5.41, 5.74) is 5.34. The van der Waals surface area contributed by atoms with Crippen LogP contribution in [-0.4, -0.2) is 49.7 Å². The molecule has 1 aliphatic rings. The van der Waals surface area contributed by atoms with Crippen molar-refractivity contribution < 1.29 is 0 Å². The summed E-state index contributed by atoms with van der Waals surface area (Å²) in [6, 6.07) is 8.52. The number of hydrogen-bond donors (Lipinski definition) is 2. The number of benzene rings is 1. The molecule has 1 saturated heterocycles. The lowest BCUT2D eigenvalue weighted by atomic mass is 10.1. The Morgan fingerprint density at radius 3 is 2.68 bits per heavy atom. The van der Waals surface area contributed by atoms with Crippen LogP contribution >= 0.6 is 0 Å². The first-order valence-corrected chi connectivity index (χ1v) is 14.3. The first-order valence-electron chi connectivity index (χ1n) is 10.8. The van der Waals surface area contributed by atoms with E-state index in [0.29, 0.717) is 11.9 Å². The topological polar surface area (TPSA) is 66.0 Å². The molecule has 3 aromatic rings. The lowest BCUT2D eigenvalue weighted by molar-refractivity contribution is 0.619. The molecule has 3 heterocycles. The van der Waals surface area contributed by atoms with Gasteiger partial charge in [0, 0.05) is 56.3 Å². The summed E-state index contributed by atoms with van der Waals surface area (Å²) in [7, 11) is 0.555. The molecule has 6 nitrogen and oxygen atoms in total. The van der Waals surface area contributed by atoms with Crippen LogP contribution in [0.15, 0.2) is 42.9 Å². The van der Waals surface area contributed by atoms with Gasteiger partial charge in [-0.05, 0) is 42.0 Å². The van der Waals surface area contributed by atoms with Gasteiger partial charge in [0.1, 0.15) is 13.9 Å². The zero-order valence-corrected chi connectivity index (χ0v) is 19.7. The summed E-state index contributed by atoms with van der Waals surface area (Å²) in [4.78, 5) is 16.0. The number of pyridine rings is 1. The van der Waals surface area contributed by atoms with Gasteiger partial charge in [-0.25, -0.2) is 15.0 Å². The highest BCUT2D eigenvalue weighted by atomic mass is 28.3. The van der Waals surface area contributed by atoms with E-state index in [9.17, 15) is 0 Å². The van der Waals surface area contributed by atoms with E-state index in [-0.39, 0.29) is 0 Å². The molecule has 1 atom stereocenters. The van der Waals surface area contributed by atoms with Crippen molar-refractivity contribution in [1.29, 1.82) is 0 Å². The smallest absolute Gasteiger partial charge is 0.222 e. The standard InChI is InChI=1S/C24H30N6Si/c1-25-21-5-6-22-20(13-21)7-10-26-23(22)30-11-8-19(17-30)16-29-24-27-14-18(15-28-24)9-12-31(2,3)4/h5-7,10,13-15,19,25H,8,11,16-17H2,1-4H3,(H,27,28,29). The molecule has 1 aromatic carbocycles. The van der Waals surface area contributed by atoms with E-state index >= 15 is 0 Å². The zero-order valence-electron chi connectivity index (χ0n) is 18.7. The molecule has 0 spiro atoms. The average molecular weight is 431 g/mol. The number of hydrogen-bond acceptors (Lipinski definition) is 6. The van der Waals surface area contributed by atoms with Gasteiger partial charge in [-0.15, -0.1) is 5.54 Å². The largest absolute Gasteiger partial charge is 0.388 e. The maximum absolute atomic E-state index is 4.69. The normalized spacial score (nSPS) is 16.1. The highest BCUT2D eigenvalue weighted by Crippen LogP contribution is 2.30. The Kier molecular flexibility index (Phi) is 6.10. The molecule has 0 saturated carbocycles. The van der Waals surface area contributed by atoms with Crippen molar-refractivity contribution >= 4 is 36.3 Å². The van der Waals surface area contributed by atoms with Gasteiger partial charge in [-0.3, -0.25) is 0 Å². The second-order valence-electron chi connectivity index (χ2n) is 9.10. The second kappa shape index (κ2) is 8.94. The third-order valence-corrected chi connectivity index (χ3v) is 6.27. The van der Waals surface area contributed by atoms with Crippen molar-refractivity contribution in [2.24, 2.45) is 5.92 Å². The van der Waals surface area contributed by atoms with E-state index in [1.54, 1.807) is 0 Å². The predicted molar refractivity (Wildman–Crippen MR) is 132 cm³/mol. The molecule has 160 valence electrons. The summed E-state index contributed by atoms with van der Waals surface area (Å²) in [6.45, 7) is 9.54. The second-order valence-corrected chi connectivity index (χ2v) is 13.8. The highest BCUT2D eigenvalue weighted by molar-refractivity contribution is 6.83. The van der Waals surface area contributed by atoms with Crippen molar-refractivity contribution in [2.45, 2.75) is 26.1 Å². The SMILES string of the molecule is CNc1ccc2c(N3CCC(CNc4ncc(C#C[Si](C)(C)C)cn4)C3)nccc2c1. The minimum atomic E-state index is -1.39. The van der Waals surface area contributed by atoms with E-state index in [0.717, 1.165) is 43.1 Å². The van der Waals surface area contributed by atoms with E-state index in [2.05, 4.69) is 80.9 Å². The third kappa shape index (κ3) is 5.33. The molecule has 31 heavy (non-hydrogen) atoms. The number of fused-ring (bicyclic) bond motifs is 1. The zero-order chi connectivity index (χ0) is 21.8. The fourth-order valence-electron chi connectivity index (χ4n) is 3.74.